The molecule has 5 rings (SSSR count). The van der Waals surface area contributed by atoms with Gasteiger partial charge in [-0.25, -0.2) is 10.4 Å². The van der Waals surface area contributed by atoms with Crippen LogP contribution in [0, 0.1) is 0 Å². The summed E-state index contributed by atoms with van der Waals surface area (Å²) in [5.74, 6) is 1.91. The van der Waals surface area contributed by atoms with Crippen LogP contribution in [-0.4, -0.2) is 76.6 Å². The second-order valence-corrected chi connectivity index (χ2v) is 10.1. The van der Waals surface area contributed by atoms with Gasteiger partial charge >= 0.3 is 0 Å². The number of nitrogens with zero attached hydrogens (tertiary/aromatic N) is 4. The van der Waals surface area contributed by atoms with Gasteiger partial charge in [0.2, 0.25) is 5.91 Å². The lowest BCUT2D eigenvalue weighted by atomic mass is 9.81. The number of carbonyl (C=O) groups is 1. The van der Waals surface area contributed by atoms with Gasteiger partial charge in [-0.05, 0) is 51.2 Å². The molecule has 0 aromatic carbocycles. The number of rotatable bonds is 6. The highest BCUT2D eigenvalue weighted by Gasteiger charge is 2.39. The number of nitrogens with one attached hydrogen (secondary N) is 4. The molecule has 3 saturated heterocycles. The zero-order chi connectivity index (χ0) is 22.9. The van der Waals surface area contributed by atoms with Crippen molar-refractivity contribution in [1.29, 1.82) is 0 Å². The van der Waals surface area contributed by atoms with Crippen LogP contribution in [0.15, 0.2) is 24.4 Å². The highest BCUT2D eigenvalue weighted by Crippen LogP contribution is 2.36. The molecule has 2 aromatic rings. The molecule has 0 radical (unpaired) electrons. The second-order valence-electron chi connectivity index (χ2n) is 10.1. The van der Waals surface area contributed by atoms with Crippen molar-refractivity contribution in [3.05, 3.63) is 24.4 Å². The van der Waals surface area contributed by atoms with Crippen molar-refractivity contribution in [1.82, 2.24) is 30.6 Å². The molecule has 9 nitrogen and oxygen atoms in total. The van der Waals surface area contributed by atoms with Gasteiger partial charge in [0, 0.05) is 55.9 Å². The predicted octanol–water partition coefficient (Wildman–Crippen LogP) is 2.14. The average Bonchev–Trinajstić information content (AvgIpc) is 3.18. The Kier molecular flexibility index (Phi) is 6.36. The number of hydrazine groups is 1. The lowest BCUT2D eigenvalue weighted by molar-refractivity contribution is -0.132. The molecule has 0 spiro atoms. The van der Waals surface area contributed by atoms with Crippen LogP contribution in [0.4, 0.5) is 11.6 Å². The summed E-state index contributed by atoms with van der Waals surface area (Å²) < 4.78 is 0. The number of carbonyl (C=O) groups excluding carboxylic acids is 1. The van der Waals surface area contributed by atoms with Crippen LogP contribution < -0.4 is 21.5 Å². The van der Waals surface area contributed by atoms with Gasteiger partial charge in [-0.2, -0.15) is 0 Å². The van der Waals surface area contributed by atoms with Gasteiger partial charge < -0.3 is 15.5 Å². The minimum Gasteiger partial charge on any atom is -0.367 e. The van der Waals surface area contributed by atoms with Crippen LogP contribution in [0.1, 0.15) is 45.4 Å². The summed E-state index contributed by atoms with van der Waals surface area (Å²) in [6.45, 7) is 2.69. The number of hydrogen-bond acceptors (Lipinski definition) is 8. The Morgan fingerprint density at radius 2 is 1.97 bits per heavy atom. The van der Waals surface area contributed by atoms with Gasteiger partial charge in [-0.3, -0.25) is 20.1 Å². The number of likely N-dealkylation sites (N-methyl/N-ethyl adjacent to an activating group) is 1. The molecular weight excluding hydrogens is 416 g/mol. The van der Waals surface area contributed by atoms with E-state index in [0.717, 1.165) is 54.6 Å². The van der Waals surface area contributed by atoms with E-state index in [0.29, 0.717) is 30.7 Å². The third-order valence-electron chi connectivity index (χ3n) is 7.30. The fourth-order valence-electron chi connectivity index (χ4n) is 5.59. The number of pyridine rings is 2. The van der Waals surface area contributed by atoms with E-state index in [2.05, 4.69) is 44.4 Å². The number of aromatic nitrogens is 2. The lowest BCUT2D eigenvalue weighted by Gasteiger charge is -2.49. The Balaban J connectivity index is 1.34. The van der Waals surface area contributed by atoms with Crippen LogP contribution in [0.5, 0.6) is 0 Å². The Labute approximate surface area is 195 Å². The second kappa shape index (κ2) is 9.40. The van der Waals surface area contributed by atoms with Gasteiger partial charge in [0.15, 0.2) is 0 Å². The van der Waals surface area contributed by atoms with Crippen LogP contribution in [0.25, 0.3) is 10.9 Å². The number of anilines is 2. The third-order valence-corrected chi connectivity index (χ3v) is 7.30. The SMILES string of the molecule is CC1CC(Nc2cc3ncccc3c(NC3C[C@H]4CCC[C@@H](C3)N4CC(=O)N(C)C)n2)NN1. The van der Waals surface area contributed by atoms with Gasteiger partial charge in [0.05, 0.1) is 18.2 Å². The van der Waals surface area contributed by atoms with Crippen LogP contribution in [0.2, 0.25) is 0 Å². The number of piperidine rings is 2. The molecule has 5 heterocycles. The van der Waals surface area contributed by atoms with Gasteiger partial charge in [-0.15, -0.1) is 0 Å². The summed E-state index contributed by atoms with van der Waals surface area (Å²) in [7, 11) is 3.69. The van der Waals surface area contributed by atoms with Crippen molar-refractivity contribution < 1.29 is 4.79 Å². The normalized spacial score (nSPS) is 29.7. The zero-order valence-electron chi connectivity index (χ0n) is 19.8. The summed E-state index contributed by atoms with van der Waals surface area (Å²) in [6, 6.07) is 7.72. The minimum atomic E-state index is 0.137. The van der Waals surface area contributed by atoms with E-state index >= 15 is 0 Å². The maximum absolute atomic E-state index is 12.4. The molecule has 2 aromatic heterocycles. The standard InChI is InChI=1S/C24H36N8O/c1-15-10-22(30-29-15)27-21-13-20-19(8-5-9-25-20)24(28-21)26-16-11-17-6-4-7-18(12-16)32(17)14-23(33)31(2)3/h5,8-9,13,15-18,22,29-30H,4,6-7,10-12,14H2,1-3H3,(H2,26,27,28)/t15?,16?,17-,18+,22?. The highest BCUT2D eigenvalue weighted by molar-refractivity contribution is 5.91. The van der Waals surface area contributed by atoms with Crippen LogP contribution >= 0.6 is 0 Å². The van der Waals surface area contributed by atoms with E-state index in [1.54, 1.807) is 4.90 Å². The fourth-order valence-corrected chi connectivity index (χ4v) is 5.59. The predicted molar refractivity (Wildman–Crippen MR) is 131 cm³/mol. The van der Waals surface area contributed by atoms with Crippen LogP contribution in [-0.2, 0) is 4.79 Å². The molecule has 3 aliphatic heterocycles. The van der Waals surface area contributed by atoms with Crippen LogP contribution in [0.3, 0.4) is 0 Å². The fraction of sp³-hybridized carbons (Fsp3) is 0.625. The maximum Gasteiger partial charge on any atom is 0.236 e. The lowest BCUT2D eigenvalue weighted by Crippen LogP contribution is -2.57. The number of fused-ring (bicyclic) bond motifs is 3. The van der Waals surface area contributed by atoms with E-state index in [1.807, 2.05) is 32.4 Å². The first kappa shape index (κ1) is 22.3. The molecule has 5 atom stereocenters. The topological polar surface area (TPSA) is 97.5 Å². The molecular formula is C24H36N8O. The van der Waals surface area contributed by atoms with Crippen molar-refractivity contribution in [2.45, 2.75) is 75.8 Å². The molecule has 1 amide bonds. The monoisotopic (exact) mass is 452 g/mol. The summed E-state index contributed by atoms with van der Waals surface area (Å²) in [5, 5.41) is 8.32. The highest BCUT2D eigenvalue weighted by atomic mass is 16.2. The van der Waals surface area contributed by atoms with Crippen molar-refractivity contribution in [3.63, 3.8) is 0 Å². The quantitative estimate of drug-likeness (QED) is 0.529. The Morgan fingerprint density at radius 1 is 1.18 bits per heavy atom. The van der Waals surface area contributed by atoms with E-state index < -0.39 is 0 Å². The first-order chi connectivity index (χ1) is 16.0. The van der Waals surface area contributed by atoms with E-state index in [1.165, 1.54) is 6.42 Å². The molecule has 3 aliphatic rings. The van der Waals surface area contributed by atoms with E-state index in [-0.39, 0.29) is 12.1 Å². The van der Waals surface area contributed by atoms with Gasteiger partial charge in [0.1, 0.15) is 11.6 Å². The summed E-state index contributed by atoms with van der Waals surface area (Å²) in [5.41, 5.74) is 7.47. The Hall–Kier alpha value is -2.49. The minimum absolute atomic E-state index is 0.137. The van der Waals surface area contributed by atoms with Gasteiger partial charge in [0.25, 0.3) is 0 Å². The van der Waals surface area contributed by atoms with E-state index in [9.17, 15) is 4.79 Å². The molecule has 0 saturated carbocycles. The molecule has 0 aliphatic carbocycles. The van der Waals surface area contributed by atoms with Gasteiger partial charge in [-0.1, -0.05) is 6.42 Å². The zero-order valence-corrected chi connectivity index (χ0v) is 19.8. The molecule has 4 N–H and O–H groups in total. The molecule has 3 unspecified atom stereocenters. The average molecular weight is 453 g/mol. The molecule has 2 bridgehead atoms. The molecule has 3 fully saturated rings. The van der Waals surface area contributed by atoms with Crippen molar-refractivity contribution in [2.75, 3.05) is 31.3 Å². The summed E-state index contributed by atoms with van der Waals surface area (Å²) in [4.78, 5) is 26.1. The maximum atomic E-state index is 12.4. The molecule has 178 valence electrons. The largest absolute Gasteiger partial charge is 0.367 e. The summed E-state index contributed by atoms with van der Waals surface area (Å²) in [6.07, 6.45) is 8.58. The smallest absolute Gasteiger partial charge is 0.236 e. The Bertz CT molecular complexity index is 984. The summed E-state index contributed by atoms with van der Waals surface area (Å²) >= 11 is 0. The van der Waals surface area contributed by atoms with Crippen molar-refractivity contribution in [3.8, 4) is 0 Å². The first-order valence-corrected chi connectivity index (χ1v) is 12.2. The number of hydrogen-bond donors (Lipinski definition) is 4. The molecule has 33 heavy (non-hydrogen) atoms. The van der Waals surface area contributed by atoms with Crippen molar-refractivity contribution >= 4 is 28.4 Å². The van der Waals surface area contributed by atoms with Crippen molar-refractivity contribution in [2.24, 2.45) is 0 Å². The number of amides is 1. The Morgan fingerprint density at radius 3 is 2.67 bits per heavy atom. The van der Waals surface area contributed by atoms with E-state index in [4.69, 9.17) is 4.98 Å². The third kappa shape index (κ3) is 4.90. The molecule has 9 heteroatoms. The first-order valence-electron chi connectivity index (χ1n) is 12.2.